The molecule has 0 unspecified atom stereocenters. The Kier molecular flexibility index (Phi) is 5.27. The molecule has 0 aromatic heterocycles. The van der Waals surface area contributed by atoms with Crippen molar-refractivity contribution < 1.29 is 14.0 Å². The summed E-state index contributed by atoms with van der Waals surface area (Å²) in [7, 11) is 1.62. The van der Waals surface area contributed by atoms with Gasteiger partial charge in [0.1, 0.15) is 5.82 Å². The number of benzene rings is 1. The van der Waals surface area contributed by atoms with E-state index in [0.717, 1.165) is 25.9 Å². The smallest absolute Gasteiger partial charge is 0.251 e. The second kappa shape index (κ2) is 7.17. The first kappa shape index (κ1) is 15.4. The quantitative estimate of drug-likeness (QED) is 0.862. The molecule has 2 N–H and O–H groups in total. The summed E-state index contributed by atoms with van der Waals surface area (Å²) in [5, 5.41) is 5.55. The van der Waals surface area contributed by atoms with E-state index in [-0.39, 0.29) is 23.7 Å². The number of nitrogens with one attached hydrogen (secondary N) is 2. The summed E-state index contributed by atoms with van der Waals surface area (Å²) in [6.07, 6.45) is 1.62. The fourth-order valence-electron chi connectivity index (χ4n) is 2.39. The molecule has 0 saturated carbocycles. The molecule has 1 aromatic carbocycles. The molecular weight excluding hydrogens is 273 g/mol. The number of carbonyl (C=O) groups is 2. The van der Waals surface area contributed by atoms with E-state index in [1.165, 1.54) is 24.3 Å². The zero-order valence-electron chi connectivity index (χ0n) is 12.1. The van der Waals surface area contributed by atoms with Gasteiger partial charge in [-0.2, -0.15) is 0 Å². The molecule has 0 radical (unpaired) electrons. The average Bonchev–Trinajstić information content (AvgIpc) is 2.49. The zero-order chi connectivity index (χ0) is 15.2. The van der Waals surface area contributed by atoms with Crippen LogP contribution in [-0.2, 0) is 4.79 Å². The van der Waals surface area contributed by atoms with Crippen LogP contribution in [0.25, 0.3) is 0 Å². The molecule has 2 amide bonds. The second-order valence-electron chi connectivity index (χ2n) is 5.20. The molecule has 1 aromatic rings. The minimum absolute atomic E-state index is 0.00352. The van der Waals surface area contributed by atoms with Crippen molar-refractivity contribution in [2.45, 2.75) is 18.9 Å². The molecule has 0 atom stereocenters. The van der Waals surface area contributed by atoms with Crippen LogP contribution in [0.1, 0.15) is 23.2 Å². The summed E-state index contributed by atoms with van der Waals surface area (Å²) in [4.78, 5) is 25.4. The molecule has 1 aliphatic rings. The van der Waals surface area contributed by atoms with E-state index in [4.69, 9.17) is 0 Å². The Morgan fingerprint density at radius 3 is 2.43 bits per heavy atom. The van der Waals surface area contributed by atoms with Gasteiger partial charge in [-0.1, -0.05) is 0 Å². The topological polar surface area (TPSA) is 61.4 Å². The Bertz CT molecular complexity index is 496. The minimum Gasteiger partial charge on any atom is -0.358 e. The number of likely N-dealkylation sites (tertiary alicyclic amines) is 1. The van der Waals surface area contributed by atoms with Crippen LogP contribution < -0.4 is 10.6 Å². The summed E-state index contributed by atoms with van der Waals surface area (Å²) in [6.45, 7) is 1.96. The van der Waals surface area contributed by atoms with E-state index >= 15 is 0 Å². The predicted octanol–water partition coefficient (Wildman–Crippen LogP) is 0.766. The van der Waals surface area contributed by atoms with Crippen LogP contribution in [0, 0.1) is 5.82 Å². The predicted molar refractivity (Wildman–Crippen MR) is 77.4 cm³/mol. The Morgan fingerprint density at radius 2 is 1.86 bits per heavy atom. The molecule has 1 saturated heterocycles. The van der Waals surface area contributed by atoms with Crippen molar-refractivity contribution in [3.05, 3.63) is 35.6 Å². The molecule has 2 rings (SSSR count). The van der Waals surface area contributed by atoms with Crippen LogP contribution in [0.3, 0.4) is 0 Å². The number of rotatable bonds is 4. The molecule has 0 aliphatic carbocycles. The monoisotopic (exact) mass is 293 g/mol. The molecule has 0 spiro atoms. The molecule has 1 fully saturated rings. The summed E-state index contributed by atoms with van der Waals surface area (Å²) in [5.74, 6) is -0.530. The van der Waals surface area contributed by atoms with Crippen molar-refractivity contribution >= 4 is 11.8 Å². The second-order valence-corrected chi connectivity index (χ2v) is 5.20. The van der Waals surface area contributed by atoms with Crippen molar-refractivity contribution in [2.24, 2.45) is 0 Å². The number of carbonyl (C=O) groups excluding carboxylic acids is 2. The highest BCUT2D eigenvalue weighted by atomic mass is 19.1. The van der Waals surface area contributed by atoms with Crippen LogP contribution >= 0.6 is 0 Å². The Labute approximate surface area is 123 Å². The first-order chi connectivity index (χ1) is 10.1. The van der Waals surface area contributed by atoms with Gasteiger partial charge in [0.05, 0.1) is 6.54 Å². The normalized spacial score (nSPS) is 16.5. The third-order valence-corrected chi connectivity index (χ3v) is 3.68. The van der Waals surface area contributed by atoms with Gasteiger partial charge in [-0.25, -0.2) is 4.39 Å². The van der Waals surface area contributed by atoms with E-state index in [1.807, 2.05) is 0 Å². The van der Waals surface area contributed by atoms with Gasteiger partial charge in [-0.15, -0.1) is 0 Å². The maximum absolute atomic E-state index is 12.8. The van der Waals surface area contributed by atoms with Crippen molar-refractivity contribution in [2.75, 3.05) is 26.7 Å². The van der Waals surface area contributed by atoms with E-state index in [2.05, 4.69) is 15.5 Å². The average molecular weight is 293 g/mol. The molecule has 114 valence electrons. The first-order valence-corrected chi connectivity index (χ1v) is 7.08. The minimum atomic E-state index is -0.353. The highest BCUT2D eigenvalue weighted by Crippen LogP contribution is 2.11. The molecular formula is C15H20FN3O2. The lowest BCUT2D eigenvalue weighted by Crippen LogP contribution is -2.47. The highest BCUT2D eigenvalue weighted by Gasteiger charge is 2.22. The van der Waals surface area contributed by atoms with E-state index < -0.39 is 0 Å². The maximum atomic E-state index is 12.8. The lowest BCUT2D eigenvalue weighted by atomic mass is 10.0. The van der Waals surface area contributed by atoms with Gasteiger partial charge < -0.3 is 10.6 Å². The number of amides is 2. The third-order valence-electron chi connectivity index (χ3n) is 3.68. The lowest BCUT2D eigenvalue weighted by Gasteiger charge is -2.31. The summed E-state index contributed by atoms with van der Waals surface area (Å²) >= 11 is 0. The summed E-state index contributed by atoms with van der Waals surface area (Å²) < 4.78 is 12.8. The standard InChI is InChI=1S/C15H20FN3O2/c1-17-14(20)10-19-8-6-13(7-9-19)18-15(21)11-2-4-12(16)5-3-11/h2-5,13H,6-10H2,1H3,(H,17,20)(H,18,21). The van der Waals surface area contributed by atoms with Crippen LogP contribution in [0.2, 0.25) is 0 Å². The van der Waals surface area contributed by atoms with Crippen LogP contribution in [0.15, 0.2) is 24.3 Å². The van der Waals surface area contributed by atoms with Crippen LogP contribution in [-0.4, -0.2) is 49.4 Å². The van der Waals surface area contributed by atoms with Gasteiger partial charge in [0.25, 0.3) is 5.91 Å². The Balaban J connectivity index is 1.79. The van der Waals surface area contributed by atoms with Gasteiger partial charge >= 0.3 is 0 Å². The number of hydrogen-bond donors (Lipinski definition) is 2. The van der Waals surface area contributed by atoms with Crippen molar-refractivity contribution in [3.63, 3.8) is 0 Å². The first-order valence-electron chi connectivity index (χ1n) is 7.08. The van der Waals surface area contributed by atoms with Gasteiger partial charge in [-0.05, 0) is 37.1 Å². The van der Waals surface area contributed by atoms with Crippen LogP contribution in [0.5, 0.6) is 0 Å². The SMILES string of the molecule is CNC(=O)CN1CCC(NC(=O)c2ccc(F)cc2)CC1. The number of halogens is 1. The molecule has 21 heavy (non-hydrogen) atoms. The van der Waals surface area contributed by atoms with Gasteiger partial charge in [0, 0.05) is 31.7 Å². The molecule has 1 heterocycles. The van der Waals surface area contributed by atoms with E-state index in [9.17, 15) is 14.0 Å². The molecule has 0 bridgehead atoms. The largest absolute Gasteiger partial charge is 0.358 e. The molecule has 6 heteroatoms. The van der Waals surface area contributed by atoms with E-state index in [1.54, 1.807) is 7.05 Å². The maximum Gasteiger partial charge on any atom is 0.251 e. The lowest BCUT2D eigenvalue weighted by molar-refractivity contribution is -0.122. The fraction of sp³-hybridized carbons (Fsp3) is 0.467. The van der Waals surface area contributed by atoms with Gasteiger partial charge in [-0.3, -0.25) is 14.5 Å². The van der Waals surface area contributed by atoms with Gasteiger partial charge in [0.15, 0.2) is 0 Å². The van der Waals surface area contributed by atoms with Crippen molar-refractivity contribution in [3.8, 4) is 0 Å². The Hall–Kier alpha value is -1.95. The Morgan fingerprint density at radius 1 is 1.24 bits per heavy atom. The number of likely N-dealkylation sites (N-methyl/N-ethyl adjacent to an activating group) is 1. The van der Waals surface area contributed by atoms with Crippen molar-refractivity contribution in [1.29, 1.82) is 0 Å². The molecule has 5 nitrogen and oxygen atoms in total. The highest BCUT2D eigenvalue weighted by molar-refractivity contribution is 5.94. The zero-order valence-corrected chi connectivity index (χ0v) is 12.1. The molecule has 1 aliphatic heterocycles. The van der Waals surface area contributed by atoms with E-state index in [0.29, 0.717) is 12.1 Å². The van der Waals surface area contributed by atoms with Crippen molar-refractivity contribution in [1.82, 2.24) is 15.5 Å². The summed E-state index contributed by atoms with van der Waals surface area (Å²) in [5.41, 5.74) is 0.462. The number of nitrogens with zero attached hydrogens (tertiary/aromatic N) is 1. The van der Waals surface area contributed by atoms with Gasteiger partial charge in [0.2, 0.25) is 5.91 Å². The number of hydrogen-bond acceptors (Lipinski definition) is 3. The van der Waals surface area contributed by atoms with Crippen LogP contribution in [0.4, 0.5) is 4.39 Å². The fourth-order valence-corrected chi connectivity index (χ4v) is 2.39. The summed E-state index contributed by atoms with van der Waals surface area (Å²) in [6, 6.07) is 5.61. The third kappa shape index (κ3) is 4.53. The number of piperidine rings is 1.